The minimum Gasteiger partial charge on any atom is -0.458 e. The van der Waals surface area contributed by atoms with Crippen molar-refractivity contribution in [2.75, 3.05) is 6.61 Å². The Morgan fingerprint density at radius 3 is 2.61 bits per heavy atom. The molecular formula is C27H35BrO8. The molecule has 0 bridgehead atoms. The SMILES string of the molecule is C=C(Br)C[C@H](CCC(=O)C[C@H]1O[C@H]2C[C@H]3O[C@@H](CCO)CC[C@@H]3O[C@H]2[C@H]1O)OC(=O)c1ccccc1. The Hall–Kier alpha value is -1.62. The van der Waals surface area contributed by atoms with Crippen molar-refractivity contribution in [1.29, 1.82) is 0 Å². The summed E-state index contributed by atoms with van der Waals surface area (Å²) in [7, 11) is 0. The van der Waals surface area contributed by atoms with Crippen molar-refractivity contribution in [2.45, 2.75) is 100 Å². The normalized spacial score (nSPS) is 32.2. The minimum absolute atomic E-state index is 0.0136. The van der Waals surface area contributed by atoms with Gasteiger partial charge in [0.15, 0.2) is 0 Å². The molecule has 4 rings (SSSR count). The summed E-state index contributed by atoms with van der Waals surface area (Å²) in [6.07, 6.45) is 0.774. The van der Waals surface area contributed by atoms with Gasteiger partial charge in [-0.2, -0.15) is 0 Å². The van der Waals surface area contributed by atoms with E-state index in [4.69, 9.17) is 18.9 Å². The Balaban J connectivity index is 1.27. The first kappa shape index (κ1) is 27.4. The number of Topliss-reactive ketones (excluding diaryl/α,β-unsaturated/α-hetero) is 1. The fourth-order valence-corrected chi connectivity index (χ4v) is 5.68. The molecule has 1 aromatic rings. The van der Waals surface area contributed by atoms with Crippen LogP contribution in [0.5, 0.6) is 0 Å². The lowest BCUT2D eigenvalue weighted by Crippen LogP contribution is -2.52. The summed E-state index contributed by atoms with van der Waals surface area (Å²) in [5.41, 5.74) is 0.450. The molecule has 3 fully saturated rings. The highest BCUT2D eigenvalue weighted by atomic mass is 79.9. The fourth-order valence-electron chi connectivity index (χ4n) is 5.32. The van der Waals surface area contributed by atoms with E-state index in [1.807, 2.05) is 6.07 Å². The van der Waals surface area contributed by atoms with E-state index in [2.05, 4.69) is 22.5 Å². The van der Waals surface area contributed by atoms with Crippen molar-refractivity contribution in [3.05, 3.63) is 47.0 Å². The third-order valence-electron chi connectivity index (χ3n) is 7.14. The van der Waals surface area contributed by atoms with Crippen LogP contribution in [0, 0.1) is 0 Å². The Labute approximate surface area is 220 Å². The smallest absolute Gasteiger partial charge is 0.338 e. The van der Waals surface area contributed by atoms with Crippen molar-refractivity contribution in [3.8, 4) is 0 Å². The van der Waals surface area contributed by atoms with Gasteiger partial charge in [-0.1, -0.05) is 40.7 Å². The summed E-state index contributed by atoms with van der Waals surface area (Å²) in [5.74, 6) is -0.516. The number of hydrogen-bond acceptors (Lipinski definition) is 8. The van der Waals surface area contributed by atoms with Crippen molar-refractivity contribution in [1.82, 2.24) is 0 Å². The monoisotopic (exact) mass is 566 g/mol. The molecule has 3 heterocycles. The van der Waals surface area contributed by atoms with Crippen molar-refractivity contribution >= 4 is 27.7 Å². The van der Waals surface area contributed by atoms with Crippen LogP contribution in [-0.4, -0.2) is 77.4 Å². The van der Waals surface area contributed by atoms with Crippen LogP contribution in [-0.2, 0) is 23.7 Å². The van der Waals surface area contributed by atoms with Gasteiger partial charge in [0, 0.05) is 32.3 Å². The van der Waals surface area contributed by atoms with Crippen molar-refractivity contribution in [2.24, 2.45) is 0 Å². The number of ketones is 1. The Bertz CT molecular complexity index is 908. The standard InChI is InChI=1S/C27H35BrO8/c1-16(28)13-20(34-27(32)17-5-3-2-4-6-17)8-7-18(30)14-23-25(31)26-24(35-23)15-22-21(36-26)10-9-19(33-22)11-12-29/h2-6,19-26,29,31H,1,7-15H2/t19-,20+,21+,22-,23-,24+,25+,26-/m1/s1. The number of aliphatic hydroxyl groups is 2. The lowest BCUT2D eigenvalue weighted by Gasteiger charge is -2.43. The Morgan fingerprint density at radius 1 is 1.11 bits per heavy atom. The molecule has 3 saturated heterocycles. The van der Waals surface area contributed by atoms with Gasteiger partial charge in [-0.25, -0.2) is 4.79 Å². The molecule has 0 radical (unpaired) electrons. The maximum atomic E-state index is 12.8. The lowest BCUT2D eigenvalue weighted by molar-refractivity contribution is -0.217. The van der Waals surface area contributed by atoms with E-state index in [9.17, 15) is 19.8 Å². The zero-order chi connectivity index (χ0) is 25.7. The Morgan fingerprint density at radius 2 is 1.89 bits per heavy atom. The van der Waals surface area contributed by atoms with E-state index in [1.165, 1.54) is 0 Å². The number of esters is 1. The van der Waals surface area contributed by atoms with E-state index in [-0.39, 0.29) is 49.6 Å². The molecule has 36 heavy (non-hydrogen) atoms. The average molecular weight is 567 g/mol. The third-order valence-corrected chi connectivity index (χ3v) is 7.47. The van der Waals surface area contributed by atoms with Crippen LogP contribution in [0.2, 0.25) is 0 Å². The first-order valence-electron chi connectivity index (χ1n) is 12.7. The molecule has 8 nitrogen and oxygen atoms in total. The second-order valence-electron chi connectivity index (χ2n) is 9.86. The molecule has 198 valence electrons. The zero-order valence-corrected chi connectivity index (χ0v) is 21.9. The maximum Gasteiger partial charge on any atom is 0.338 e. The molecule has 3 aliphatic heterocycles. The number of fused-ring (bicyclic) bond motifs is 2. The molecule has 0 spiro atoms. The summed E-state index contributed by atoms with van der Waals surface area (Å²) < 4.78 is 24.6. The van der Waals surface area contributed by atoms with E-state index in [0.717, 1.165) is 12.8 Å². The van der Waals surface area contributed by atoms with Crippen LogP contribution in [0.15, 0.2) is 41.4 Å². The number of ether oxygens (including phenoxy) is 4. The van der Waals surface area contributed by atoms with Crippen LogP contribution in [0.3, 0.4) is 0 Å². The van der Waals surface area contributed by atoms with Crippen molar-refractivity contribution in [3.63, 3.8) is 0 Å². The third kappa shape index (κ3) is 7.02. The number of benzene rings is 1. The van der Waals surface area contributed by atoms with E-state index >= 15 is 0 Å². The number of hydrogen-bond donors (Lipinski definition) is 2. The molecule has 3 aliphatic rings. The largest absolute Gasteiger partial charge is 0.458 e. The van der Waals surface area contributed by atoms with E-state index in [0.29, 0.717) is 35.7 Å². The maximum absolute atomic E-state index is 12.8. The highest BCUT2D eigenvalue weighted by Gasteiger charge is 2.52. The predicted octanol–water partition coefficient (Wildman–Crippen LogP) is 3.47. The van der Waals surface area contributed by atoms with Gasteiger partial charge in [0.1, 0.15) is 24.1 Å². The topological polar surface area (TPSA) is 112 Å². The summed E-state index contributed by atoms with van der Waals surface area (Å²) in [4.78, 5) is 25.3. The molecule has 8 atom stereocenters. The van der Waals surface area contributed by atoms with Gasteiger partial charge in [-0.05, 0) is 42.3 Å². The van der Waals surface area contributed by atoms with Crippen molar-refractivity contribution < 1.29 is 38.7 Å². The molecule has 9 heteroatoms. The average Bonchev–Trinajstić information content (AvgIpc) is 3.15. The predicted molar refractivity (Wildman–Crippen MR) is 135 cm³/mol. The second-order valence-corrected chi connectivity index (χ2v) is 11.0. The van der Waals surface area contributed by atoms with Gasteiger partial charge in [-0.3, -0.25) is 4.79 Å². The molecule has 0 aromatic heterocycles. The quantitative estimate of drug-likeness (QED) is 0.392. The van der Waals surface area contributed by atoms with Crippen LogP contribution >= 0.6 is 15.9 Å². The zero-order valence-electron chi connectivity index (χ0n) is 20.3. The number of carbonyl (C=O) groups excluding carboxylic acids is 2. The highest BCUT2D eigenvalue weighted by Crippen LogP contribution is 2.39. The summed E-state index contributed by atoms with van der Waals surface area (Å²) in [6.45, 7) is 3.92. The molecule has 1 aromatic carbocycles. The molecule has 0 aliphatic carbocycles. The second kappa shape index (κ2) is 12.8. The first-order valence-corrected chi connectivity index (χ1v) is 13.5. The number of aliphatic hydroxyl groups excluding tert-OH is 2. The summed E-state index contributed by atoms with van der Waals surface area (Å²) in [6, 6.07) is 8.72. The molecule has 0 saturated carbocycles. The van der Waals surface area contributed by atoms with Gasteiger partial charge >= 0.3 is 5.97 Å². The van der Waals surface area contributed by atoms with Crippen LogP contribution in [0.25, 0.3) is 0 Å². The van der Waals surface area contributed by atoms with Crippen LogP contribution in [0.1, 0.15) is 61.7 Å². The Kier molecular flexibility index (Phi) is 9.71. The lowest BCUT2D eigenvalue weighted by atomic mass is 9.90. The number of carbonyl (C=O) groups is 2. The number of rotatable bonds is 11. The van der Waals surface area contributed by atoms with E-state index < -0.39 is 30.4 Å². The fraction of sp³-hybridized carbons (Fsp3) is 0.630. The minimum atomic E-state index is -0.885. The summed E-state index contributed by atoms with van der Waals surface area (Å²) >= 11 is 3.32. The van der Waals surface area contributed by atoms with Gasteiger partial charge in [0.2, 0.25) is 0 Å². The van der Waals surface area contributed by atoms with Crippen LogP contribution < -0.4 is 0 Å². The van der Waals surface area contributed by atoms with Crippen LogP contribution in [0.4, 0.5) is 0 Å². The van der Waals surface area contributed by atoms with Gasteiger partial charge in [-0.15, -0.1) is 0 Å². The van der Waals surface area contributed by atoms with E-state index in [1.54, 1.807) is 24.3 Å². The highest BCUT2D eigenvalue weighted by molar-refractivity contribution is 9.11. The number of halogens is 1. The molecular weight excluding hydrogens is 532 g/mol. The first-order chi connectivity index (χ1) is 17.3. The molecule has 2 N–H and O–H groups in total. The summed E-state index contributed by atoms with van der Waals surface area (Å²) in [5, 5.41) is 20.0. The van der Waals surface area contributed by atoms with Gasteiger partial charge in [0.25, 0.3) is 0 Å². The van der Waals surface area contributed by atoms with Gasteiger partial charge in [0.05, 0.1) is 36.1 Å². The van der Waals surface area contributed by atoms with Gasteiger partial charge < -0.3 is 29.2 Å². The molecule has 0 amide bonds. The molecule has 0 unspecified atom stereocenters.